The standard InChI is InChI=1S/C7H12N2O3/c1-12-7(11)8-5-6(10)9-3-2-4-9/h2-5H2,1H3,(H,8,11). The van der Waals surface area contributed by atoms with Crippen LogP contribution in [0.5, 0.6) is 0 Å². The van der Waals surface area contributed by atoms with Gasteiger partial charge in [-0.05, 0) is 6.42 Å². The van der Waals surface area contributed by atoms with Gasteiger partial charge in [-0.2, -0.15) is 0 Å². The Morgan fingerprint density at radius 2 is 2.17 bits per heavy atom. The third-order valence-corrected chi connectivity index (χ3v) is 1.78. The van der Waals surface area contributed by atoms with Crippen molar-refractivity contribution in [3.8, 4) is 0 Å². The van der Waals surface area contributed by atoms with E-state index in [0.717, 1.165) is 19.5 Å². The molecule has 68 valence electrons. The molecule has 1 aliphatic heterocycles. The van der Waals surface area contributed by atoms with Gasteiger partial charge in [-0.3, -0.25) is 4.79 Å². The molecule has 0 aromatic heterocycles. The highest BCUT2D eigenvalue weighted by atomic mass is 16.5. The molecule has 2 amide bonds. The van der Waals surface area contributed by atoms with Gasteiger partial charge in [-0.25, -0.2) is 4.79 Å². The Morgan fingerprint density at radius 3 is 2.58 bits per heavy atom. The van der Waals surface area contributed by atoms with Crippen molar-refractivity contribution in [3.05, 3.63) is 0 Å². The van der Waals surface area contributed by atoms with Gasteiger partial charge in [0.2, 0.25) is 5.91 Å². The number of nitrogens with zero attached hydrogens (tertiary/aromatic N) is 1. The van der Waals surface area contributed by atoms with Gasteiger partial charge in [-0.1, -0.05) is 0 Å². The van der Waals surface area contributed by atoms with Gasteiger partial charge in [0, 0.05) is 13.1 Å². The number of carbonyl (C=O) groups is 2. The van der Waals surface area contributed by atoms with Crippen molar-refractivity contribution >= 4 is 12.0 Å². The Hall–Kier alpha value is -1.26. The minimum Gasteiger partial charge on any atom is -0.453 e. The third kappa shape index (κ3) is 2.11. The molecule has 5 nitrogen and oxygen atoms in total. The van der Waals surface area contributed by atoms with Crippen molar-refractivity contribution in [3.63, 3.8) is 0 Å². The predicted octanol–water partition coefficient (Wildman–Crippen LogP) is -0.425. The van der Waals surface area contributed by atoms with Crippen molar-refractivity contribution in [2.24, 2.45) is 0 Å². The predicted molar refractivity (Wildman–Crippen MR) is 41.6 cm³/mol. The molecule has 5 heteroatoms. The molecule has 0 radical (unpaired) electrons. The van der Waals surface area contributed by atoms with Crippen LogP contribution in [-0.2, 0) is 9.53 Å². The molecule has 12 heavy (non-hydrogen) atoms. The molecule has 0 aromatic carbocycles. The van der Waals surface area contributed by atoms with E-state index in [2.05, 4.69) is 10.1 Å². The summed E-state index contributed by atoms with van der Waals surface area (Å²) in [6.45, 7) is 1.65. The molecule has 0 saturated carbocycles. The van der Waals surface area contributed by atoms with E-state index in [1.807, 2.05) is 0 Å². The maximum absolute atomic E-state index is 11.1. The number of hydrogen-bond acceptors (Lipinski definition) is 3. The fourth-order valence-electron chi connectivity index (χ4n) is 0.897. The van der Waals surface area contributed by atoms with Crippen LogP contribution >= 0.6 is 0 Å². The summed E-state index contributed by atoms with van der Waals surface area (Å²) in [4.78, 5) is 23.3. The largest absolute Gasteiger partial charge is 0.453 e. The second kappa shape index (κ2) is 3.94. The number of likely N-dealkylation sites (tertiary alicyclic amines) is 1. The summed E-state index contributed by atoms with van der Waals surface area (Å²) in [6, 6.07) is 0. The third-order valence-electron chi connectivity index (χ3n) is 1.78. The van der Waals surface area contributed by atoms with Crippen molar-refractivity contribution < 1.29 is 14.3 Å². The Balaban J connectivity index is 2.13. The molecule has 1 aliphatic rings. The Labute approximate surface area is 70.7 Å². The Bertz CT molecular complexity index is 189. The summed E-state index contributed by atoms with van der Waals surface area (Å²) in [7, 11) is 1.27. The number of alkyl carbamates (subject to hydrolysis) is 1. The number of hydrogen-bond donors (Lipinski definition) is 1. The van der Waals surface area contributed by atoms with E-state index in [1.54, 1.807) is 4.90 Å². The molecular formula is C7H12N2O3. The summed E-state index contributed by atoms with van der Waals surface area (Å²) in [6.07, 6.45) is 0.494. The van der Waals surface area contributed by atoms with Gasteiger partial charge in [0.1, 0.15) is 6.54 Å². The molecule has 0 spiro atoms. The highest BCUT2D eigenvalue weighted by Gasteiger charge is 2.19. The van der Waals surface area contributed by atoms with Crippen LogP contribution in [0.2, 0.25) is 0 Å². The minimum atomic E-state index is -0.566. The van der Waals surface area contributed by atoms with Crippen molar-refractivity contribution in [2.45, 2.75) is 6.42 Å². The monoisotopic (exact) mass is 172 g/mol. The number of methoxy groups -OCH3 is 1. The van der Waals surface area contributed by atoms with Crippen LogP contribution in [0.25, 0.3) is 0 Å². The zero-order valence-corrected chi connectivity index (χ0v) is 7.00. The van der Waals surface area contributed by atoms with Crippen LogP contribution in [0.3, 0.4) is 0 Å². The zero-order chi connectivity index (χ0) is 8.97. The average molecular weight is 172 g/mol. The van der Waals surface area contributed by atoms with Gasteiger partial charge in [0.15, 0.2) is 0 Å². The lowest BCUT2D eigenvalue weighted by Crippen LogP contribution is -2.47. The molecule has 0 aromatic rings. The molecule has 1 heterocycles. The normalized spacial score (nSPS) is 14.9. The zero-order valence-electron chi connectivity index (χ0n) is 7.00. The summed E-state index contributed by atoms with van der Waals surface area (Å²) in [5.41, 5.74) is 0. The first kappa shape index (κ1) is 8.83. The topological polar surface area (TPSA) is 58.6 Å². The second-order valence-electron chi connectivity index (χ2n) is 2.58. The molecular weight excluding hydrogens is 160 g/mol. The van der Waals surface area contributed by atoms with Crippen molar-refractivity contribution in [2.75, 3.05) is 26.7 Å². The van der Waals surface area contributed by atoms with Gasteiger partial charge in [0.05, 0.1) is 7.11 Å². The van der Waals surface area contributed by atoms with E-state index >= 15 is 0 Å². The molecule has 0 aliphatic carbocycles. The van der Waals surface area contributed by atoms with E-state index in [1.165, 1.54) is 7.11 Å². The van der Waals surface area contributed by atoms with Gasteiger partial charge < -0.3 is 15.0 Å². The first-order valence-electron chi connectivity index (χ1n) is 3.83. The number of rotatable bonds is 2. The summed E-state index contributed by atoms with van der Waals surface area (Å²) in [5.74, 6) is -0.0494. The van der Waals surface area contributed by atoms with E-state index in [0.29, 0.717) is 0 Å². The number of nitrogens with one attached hydrogen (secondary N) is 1. The molecule has 0 bridgehead atoms. The van der Waals surface area contributed by atoms with Crippen LogP contribution in [0.15, 0.2) is 0 Å². The average Bonchev–Trinajstić information content (AvgIpc) is 1.97. The van der Waals surface area contributed by atoms with Crippen LogP contribution in [0, 0.1) is 0 Å². The molecule has 1 rings (SSSR count). The first-order chi connectivity index (χ1) is 5.74. The minimum absolute atomic E-state index is 0.0344. The fourth-order valence-corrected chi connectivity index (χ4v) is 0.897. The van der Waals surface area contributed by atoms with Crippen molar-refractivity contribution in [1.29, 1.82) is 0 Å². The van der Waals surface area contributed by atoms with Crippen LogP contribution in [0.4, 0.5) is 4.79 Å². The maximum atomic E-state index is 11.1. The lowest BCUT2D eigenvalue weighted by molar-refractivity contribution is -0.133. The lowest BCUT2D eigenvalue weighted by Gasteiger charge is -2.30. The Kier molecular flexibility index (Phi) is 2.90. The Morgan fingerprint density at radius 1 is 1.50 bits per heavy atom. The number of ether oxygens (including phenoxy) is 1. The summed E-state index contributed by atoms with van der Waals surface area (Å²) < 4.78 is 4.31. The molecule has 1 fully saturated rings. The summed E-state index contributed by atoms with van der Waals surface area (Å²) >= 11 is 0. The van der Waals surface area contributed by atoms with E-state index < -0.39 is 6.09 Å². The maximum Gasteiger partial charge on any atom is 0.407 e. The first-order valence-corrected chi connectivity index (χ1v) is 3.83. The van der Waals surface area contributed by atoms with E-state index in [-0.39, 0.29) is 12.5 Å². The van der Waals surface area contributed by atoms with Gasteiger partial charge in [-0.15, -0.1) is 0 Å². The van der Waals surface area contributed by atoms with Crippen LogP contribution < -0.4 is 5.32 Å². The van der Waals surface area contributed by atoms with E-state index in [4.69, 9.17) is 0 Å². The molecule has 0 atom stereocenters. The highest BCUT2D eigenvalue weighted by Crippen LogP contribution is 2.04. The summed E-state index contributed by atoms with van der Waals surface area (Å²) in [5, 5.41) is 2.33. The van der Waals surface area contributed by atoms with Gasteiger partial charge >= 0.3 is 6.09 Å². The quantitative estimate of drug-likeness (QED) is 0.615. The SMILES string of the molecule is COC(=O)NCC(=O)N1CCC1. The van der Waals surface area contributed by atoms with Crippen LogP contribution in [0.1, 0.15) is 6.42 Å². The number of carbonyl (C=O) groups excluding carboxylic acids is 2. The molecule has 1 saturated heterocycles. The van der Waals surface area contributed by atoms with Crippen molar-refractivity contribution in [1.82, 2.24) is 10.2 Å². The second-order valence-corrected chi connectivity index (χ2v) is 2.58. The van der Waals surface area contributed by atoms with Gasteiger partial charge in [0.25, 0.3) is 0 Å². The van der Waals surface area contributed by atoms with Crippen LogP contribution in [-0.4, -0.2) is 43.6 Å². The molecule has 1 N–H and O–H groups in total. The lowest BCUT2D eigenvalue weighted by atomic mass is 10.2. The smallest absolute Gasteiger partial charge is 0.407 e. The molecule has 0 unspecified atom stereocenters. The van der Waals surface area contributed by atoms with E-state index in [9.17, 15) is 9.59 Å². The fraction of sp³-hybridized carbons (Fsp3) is 0.714. The number of amides is 2. The highest BCUT2D eigenvalue weighted by molar-refractivity contribution is 5.82.